The van der Waals surface area contributed by atoms with Crippen LogP contribution in [-0.2, 0) is 4.79 Å². The number of nitrogens with zero attached hydrogens (tertiary/aromatic N) is 6. The number of anilines is 3. The van der Waals surface area contributed by atoms with Gasteiger partial charge in [0, 0.05) is 67.5 Å². The van der Waals surface area contributed by atoms with Crippen molar-refractivity contribution in [1.82, 2.24) is 24.6 Å². The van der Waals surface area contributed by atoms with Crippen molar-refractivity contribution in [3.05, 3.63) is 48.5 Å². The van der Waals surface area contributed by atoms with E-state index in [9.17, 15) is 10.1 Å². The molecule has 0 bridgehead atoms. The molecule has 1 saturated carbocycles. The topological polar surface area (TPSA) is 138 Å². The fourth-order valence-corrected chi connectivity index (χ4v) is 5.13. The van der Waals surface area contributed by atoms with Crippen molar-refractivity contribution in [2.45, 2.75) is 63.6 Å². The van der Waals surface area contributed by atoms with Crippen molar-refractivity contribution in [1.29, 1.82) is 5.26 Å². The van der Waals surface area contributed by atoms with Crippen LogP contribution in [0.3, 0.4) is 0 Å². The number of carbonyl (C=O) groups is 1. The van der Waals surface area contributed by atoms with Gasteiger partial charge in [0.25, 0.3) is 0 Å². The van der Waals surface area contributed by atoms with Gasteiger partial charge in [-0.1, -0.05) is 0 Å². The van der Waals surface area contributed by atoms with Crippen molar-refractivity contribution in [2.24, 2.45) is 5.73 Å². The highest BCUT2D eigenvalue weighted by molar-refractivity contribution is 5.73. The van der Waals surface area contributed by atoms with Crippen LogP contribution in [0.2, 0.25) is 0 Å². The van der Waals surface area contributed by atoms with Gasteiger partial charge in [0.2, 0.25) is 11.9 Å². The molecule has 10 nitrogen and oxygen atoms in total. The molecule has 192 valence electrons. The number of carbonyl (C=O) groups excluding carboxylic acids is 1. The van der Waals surface area contributed by atoms with Gasteiger partial charge in [0.05, 0.1) is 23.5 Å². The Balaban J connectivity index is 1.22. The first kappa shape index (κ1) is 24.7. The summed E-state index contributed by atoms with van der Waals surface area (Å²) in [6, 6.07) is 8.76. The molecule has 0 radical (unpaired) electrons. The number of likely N-dealkylation sites (tertiary alicyclic amines) is 1. The lowest BCUT2D eigenvalue weighted by Crippen LogP contribution is -2.37. The van der Waals surface area contributed by atoms with Crippen LogP contribution in [0.25, 0.3) is 11.1 Å². The molecule has 2 fully saturated rings. The summed E-state index contributed by atoms with van der Waals surface area (Å²) >= 11 is 0. The molecular weight excluding hydrogens is 466 g/mol. The molecule has 1 amide bonds. The number of rotatable bonds is 6. The zero-order valence-corrected chi connectivity index (χ0v) is 21.1. The second kappa shape index (κ2) is 11.0. The Morgan fingerprint density at radius 3 is 2.46 bits per heavy atom. The maximum absolute atomic E-state index is 11.6. The van der Waals surface area contributed by atoms with Crippen LogP contribution in [-0.4, -0.2) is 55.7 Å². The Hall–Kier alpha value is -3.97. The quantitative estimate of drug-likeness (QED) is 0.465. The van der Waals surface area contributed by atoms with E-state index in [0.717, 1.165) is 74.1 Å². The zero-order valence-electron chi connectivity index (χ0n) is 21.1. The normalized spacial score (nSPS) is 20.3. The molecule has 10 heteroatoms. The third kappa shape index (κ3) is 5.89. The third-order valence-corrected chi connectivity index (χ3v) is 7.40. The summed E-state index contributed by atoms with van der Waals surface area (Å²) in [5.41, 5.74) is 10.1. The molecule has 1 saturated heterocycles. The van der Waals surface area contributed by atoms with E-state index in [-0.39, 0.29) is 18.0 Å². The maximum atomic E-state index is 11.6. The molecule has 1 aliphatic carbocycles. The smallest absolute Gasteiger partial charge is 0.227 e. The molecule has 4 N–H and O–H groups in total. The Morgan fingerprint density at radius 1 is 1.05 bits per heavy atom. The van der Waals surface area contributed by atoms with Gasteiger partial charge in [-0.25, -0.2) is 9.97 Å². The monoisotopic (exact) mass is 499 g/mol. The number of benzene rings is 1. The zero-order chi connectivity index (χ0) is 25.8. The van der Waals surface area contributed by atoms with E-state index >= 15 is 0 Å². The van der Waals surface area contributed by atoms with Crippen molar-refractivity contribution < 1.29 is 4.79 Å². The van der Waals surface area contributed by atoms with E-state index in [1.807, 2.05) is 40.2 Å². The van der Waals surface area contributed by atoms with Crippen molar-refractivity contribution in [3.8, 4) is 17.2 Å². The first-order valence-corrected chi connectivity index (χ1v) is 12.9. The van der Waals surface area contributed by atoms with E-state index in [0.29, 0.717) is 17.6 Å². The predicted molar refractivity (Wildman–Crippen MR) is 142 cm³/mol. The first-order chi connectivity index (χ1) is 18.0. The van der Waals surface area contributed by atoms with E-state index in [2.05, 4.69) is 31.8 Å². The van der Waals surface area contributed by atoms with E-state index < -0.39 is 0 Å². The fraction of sp³-hybridized carbons (Fsp3) is 0.444. The molecule has 0 atom stereocenters. The average molecular weight is 500 g/mol. The number of aromatic nitrogens is 4. The van der Waals surface area contributed by atoms with Crippen LogP contribution in [0.4, 0.5) is 17.3 Å². The molecule has 1 aliphatic heterocycles. The molecule has 0 unspecified atom stereocenters. The summed E-state index contributed by atoms with van der Waals surface area (Å²) in [5, 5.41) is 20.9. The van der Waals surface area contributed by atoms with Crippen molar-refractivity contribution in [2.75, 3.05) is 23.7 Å². The van der Waals surface area contributed by atoms with Gasteiger partial charge in [-0.3, -0.25) is 9.48 Å². The minimum absolute atomic E-state index is 0.133. The minimum atomic E-state index is 0.133. The van der Waals surface area contributed by atoms with Gasteiger partial charge in [0.15, 0.2) is 0 Å². The SMILES string of the molecule is CC(=O)N1CCC(n2cc(-c3cnc(Nc4ccc(C#N)c(NC5CCC(N)CC5)c4)nc3)cn2)CC1. The number of nitriles is 1. The number of piperidine rings is 1. The summed E-state index contributed by atoms with van der Waals surface area (Å²) in [7, 11) is 0. The molecule has 0 spiro atoms. The molecule has 3 aromatic rings. The lowest BCUT2D eigenvalue weighted by Gasteiger charge is -2.31. The van der Waals surface area contributed by atoms with E-state index in [4.69, 9.17) is 5.73 Å². The summed E-state index contributed by atoms with van der Waals surface area (Å²) in [6.07, 6.45) is 13.2. The standard InChI is InChI=1S/C27H33N9O/c1-18(37)35-10-8-25(9-11-35)36-17-21(16-32-36)20-14-30-27(31-15-20)34-24-5-2-19(13-28)26(12-24)33-23-6-3-22(29)4-7-23/h2,5,12,14-17,22-23,25,33H,3-4,6-11,29H2,1H3,(H,30,31,34). The molecule has 2 aliphatic rings. The van der Waals surface area contributed by atoms with Crippen LogP contribution in [0.15, 0.2) is 43.0 Å². The van der Waals surface area contributed by atoms with Crippen LogP contribution >= 0.6 is 0 Å². The fourth-order valence-electron chi connectivity index (χ4n) is 5.13. The summed E-state index contributed by atoms with van der Waals surface area (Å²) in [5.74, 6) is 0.611. The lowest BCUT2D eigenvalue weighted by molar-refractivity contribution is -0.130. The number of nitrogens with two attached hydrogens (primary N) is 1. The summed E-state index contributed by atoms with van der Waals surface area (Å²) in [4.78, 5) is 22.5. The second-order valence-electron chi connectivity index (χ2n) is 9.99. The summed E-state index contributed by atoms with van der Waals surface area (Å²) < 4.78 is 1.99. The lowest BCUT2D eigenvalue weighted by atomic mass is 9.91. The van der Waals surface area contributed by atoms with E-state index in [1.165, 1.54) is 0 Å². The van der Waals surface area contributed by atoms with Crippen LogP contribution in [0, 0.1) is 11.3 Å². The second-order valence-corrected chi connectivity index (χ2v) is 9.99. The molecule has 2 aromatic heterocycles. The van der Waals surface area contributed by atoms with Gasteiger partial charge in [0.1, 0.15) is 6.07 Å². The van der Waals surface area contributed by atoms with Gasteiger partial charge < -0.3 is 21.3 Å². The highest BCUT2D eigenvalue weighted by atomic mass is 16.2. The van der Waals surface area contributed by atoms with Gasteiger partial charge in [-0.15, -0.1) is 0 Å². The minimum Gasteiger partial charge on any atom is -0.381 e. The average Bonchev–Trinajstić information content (AvgIpc) is 3.41. The Kier molecular flexibility index (Phi) is 7.32. The Morgan fingerprint density at radius 2 is 1.78 bits per heavy atom. The Labute approximate surface area is 216 Å². The largest absolute Gasteiger partial charge is 0.381 e. The van der Waals surface area contributed by atoms with Gasteiger partial charge in [-0.2, -0.15) is 10.4 Å². The van der Waals surface area contributed by atoms with Crippen molar-refractivity contribution >= 4 is 23.2 Å². The molecule has 3 heterocycles. The van der Waals surface area contributed by atoms with Crippen LogP contribution in [0.1, 0.15) is 57.1 Å². The van der Waals surface area contributed by atoms with Gasteiger partial charge >= 0.3 is 0 Å². The van der Waals surface area contributed by atoms with Crippen molar-refractivity contribution in [3.63, 3.8) is 0 Å². The molecular formula is C27H33N9O. The predicted octanol–water partition coefficient (Wildman–Crippen LogP) is 3.82. The number of nitrogens with one attached hydrogen (secondary N) is 2. The Bertz CT molecular complexity index is 1260. The molecule has 1 aromatic carbocycles. The van der Waals surface area contributed by atoms with Gasteiger partial charge in [-0.05, 0) is 56.7 Å². The van der Waals surface area contributed by atoms with Crippen LogP contribution in [0.5, 0.6) is 0 Å². The molecule has 37 heavy (non-hydrogen) atoms. The number of hydrogen-bond acceptors (Lipinski definition) is 8. The highest BCUT2D eigenvalue weighted by Crippen LogP contribution is 2.28. The third-order valence-electron chi connectivity index (χ3n) is 7.40. The number of amides is 1. The van der Waals surface area contributed by atoms with Crippen LogP contribution < -0.4 is 16.4 Å². The summed E-state index contributed by atoms with van der Waals surface area (Å²) in [6.45, 7) is 3.15. The first-order valence-electron chi connectivity index (χ1n) is 12.9. The highest BCUT2D eigenvalue weighted by Gasteiger charge is 2.23. The number of hydrogen-bond donors (Lipinski definition) is 3. The molecule has 5 rings (SSSR count). The van der Waals surface area contributed by atoms with E-state index in [1.54, 1.807) is 19.3 Å². The maximum Gasteiger partial charge on any atom is 0.227 e.